The third-order valence-electron chi connectivity index (χ3n) is 1.97. The van der Waals surface area contributed by atoms with E-state index >= 15 is 0 Å². The highest BCUT2D eigenvalue weighted by Gasteiger charge is 2.15. The molecular formula is C11H13Br2NO2. The molecule has 0 aliphatic rings. The van der Waals surface area contributed by atoms with Crippen LogP contribution in [0.5, 0.6) is 0 Å². The summed E-state index contributed by atoms with van der Waals surface area (Å²) >= 11 is 6.77. The Balaban J connectivity index is 2.69. The fourth-order valence-corrected chi connectivity index (χ4v) is 2.70. The van der Waals surface area contributed by atoms with Crippen molar-refractivity contribution < 1.29 is 9.53 Å². The van der Waals surface area contributed by atoms with Crippen molar-refractivity contribution in [3.05, 3.63) is 32.7 Å². The number of esters is 1. The second kappa shape index (κ2) is 6.37. The minimum atomic E-state index is -0.610. The predicted molar refractivity (Wildman–Crippen MR) is 70.2 cm³/mol. The number of benzene rings is 1. The summed E-state index contributed by atoms with van der Waals surface area (Å²) in [5.41, 5.74) is 6.72. The lowest BCUT2D eigenvalue weighted by atomic mass is 10.1. The van der Waals surface area contributed by atoms with Crippen LogP contribution in [0.25, 0.3) is 0 Å². The molecule has 0 bridgehead atoms. The van der Waals surface area contributed by atoms with E-state index in [2.05, 4.69) is 31.9 Å². The molecule has 0 radical (unpaired) electrons. The zero-order valence-corrected chi connectivity index (χ0v) is 12.0. The lowest BCUT2D eigenvalue weighted by Crippen LogP contribution is -2.34. The fraction of sp³-hybridized carbons (Fsp3) is 0.364. The van der Waals surface area contributed by atoms with Crippen LogP contribution in [-0.2, 0) is 16.0 Å². The van der Waals surface area contributed by atoms with Crippen molar-refractivity contribution in [1.29, 1.82) is 0 Å². The van der Waals surface area contributed by atoms with Crippen LogP contribution in [0.15, 0.2) is 27.1 Å². The summed E-state index contributed by atoms with van der Waals surface area (Å²) in [6.45, 7) is 2.12. The molecule has 1 aromatic rings. The molecular weight excluding hydrogens is 338 g/mol. The highest BCUT2D eigenvalue weighted by molar-refractivity contribution is 9.11. The molecule has 1 rings (SSSR count). The fourth-order valence-electron chi connectivity index (χ4n) is 1.32. The summed E-state index contributed by atoms with van der Waals surface area (Å²) in [5.74, 6) is -0.362. The van der Waals surface area contributed by atoms with E-state index in [1.165, 1.54) is 0 Å². The van der Waals surface area contributed by atoms with Crippen LogP contribution in [0.3, 0.4) is 0 Å². The van der Waals surface area contributed by atoms with Crippen molar-refractivity contribution in [1.82, 2.24) is 0 Å². The second-order valence-corrected chi connectivity index (χ2v) is 5.17. The Hall–Kier alpha value is -0.390. The molecule has 0 aromatic heterocycles. The van der Waals surface area contributed by atoms with E-state index in [4.69, 9.17) is 10.5 Å². The standard InChI is InChI=1S/C11H13Br2NO2/c1-2-16-11(15)10(14)5-7-3-8(12)6-9(13)4-7/h3-4,6,10H,2,5,14H2,1H3. The Bertz CT molecular complexity index is 362. The van der Waals surface area contributed by atoms with Crippen LogP contribution in [0.2, 0.25) is 0 Å². The van der Waals surface area contributed by atoms with E-state index in [0.29, 0.717) is 13.0 Å². The molecule has 2 N–H and O–H groups in total. The summed E-state index contributed by atoms with van der Waals surface area (Å²) in [5, 5.41) is 0. The average Bonchev–Trinajstić information content (AvgIpc) is 2.16. The molecule has 0 heterocycles. The molecule has 1 aromatic carbocycles. The van der Waals surface area contributed by atoms with E-state index in [1.807, 2.05) is 18.2 Å². The van der Waals surface area contributed by atoms with Crippen LogP contribution in [0.4, 0.5) is 0 Å². The topological polar surface area (TPSA) is 52.3 Å². The van der Waals surface area contributed by atoms with Crippen LogP contribution < -0.4 is 5.73 Å². The van der Waals surface area contributed by atoms with E-state index in [-0.39, 0.29) is 5.97 Å². The van der Waals surface area contributed by atoms with Crippen molar-refractivity contribution in [3.63, 3.8) is 0 Å². The second-order valence-electron chi connectivity index (χ2n) is 3.34. The lowest BCUT2D eigenvalue weighted by Gasteiger charge is -2.11. The lowest BCUT2D eigenvalue weighted by molar-refractivity contribution is -0.144. The summed E-state index contributed by atoms with van der Waals surface area (Å²) in [6, 6.07) is 5.19. The maximum Gasteiger partial charge on any atom is 0.323 e. The van der Waals surface area contributed by atoms with Crippen LogP contribution in [0.1, 0.15) is 12.5 Å². The van der Waals surface area contributed by atoms with Gasteiger partial charge in [0.25, 0.3) is 0 Å². The third-order valence-corrected chi connectivity index (χ3v) is 2.88. The van der Waals surface area contributed by atoms with Gasteiger partial charge in [-0.3, -0.25) is 4.79 Å². The minimum Gasteiger partial charge on any atom is -0.465 e. The third kappa shape index (κ3) is 4.23. The Morgan fingerprint density at radius 3 is 2.44 bits per heavy atom. The van der Waals surface area contributed by atoms with Crippen LogP contribution in [0, 0.1) is 0 Å². The van der Waals surface area contributed by atoms with Crippen LogP contribution >= 0.6 is 31.9 Å². The smallest absolute Gasteiger partial charge is 0.323 e. The maximum absolute atomic E-state index is 11.3. The zero-order chi connectivity index (χ0) is 12.1. The first-order valence-electron chi connectivity index (χ1n) is 4.90. The van der Waals surface area contributed by atoms with Gasteiger partial charge >= 0.3 is 5.97 Å². The number of nitrogens with two attached hydrogens (primary N) is 1. The van der Waals surface area contributed by atoms with Gasteiger partial charge in [0.15, 0.2) is 0 Å². The summed E-state index contributed by atoms with van der Waals surface area (Å²) < 4.78 is 6.75. The van der Waals surface area contributed by atoms with E-state index < -0.39 is 6.04 Å². The summed E-state index contributed by atoms with van der Waals surface area (Å²) in [7, 11) is 0. The number of carbonyl (C=O) groups excluding carboxylic acids is 1. The van der Waals surface area contributed by atoms with Gasteiger partial charge < -0.3 is 10.5 Å². The molecule has 3 nitrogen and oxygen atoms in total. The highest BCUT2D eigenvalue weighted by Crippen LogP contribution is 2.20. The molecule has 5 heteroatoms. The SMILES string of the molecule is CCOC(=O)C(N)Cc1cc(Br)cc(Br)c1. The normalized spacial score (nSPS) is 12.2. The summed E-state index contributed by atoms with van der Waals surface area (Å²) in [4.78, 5) is 11.3. The number of halogens is 2. The van der Waals surface area contributed by atoms with Gasteiger partial charge in [0.2, 0.25) is 0 Å². The van der Waals surface area contributed by atoms with Crippen molar-refractivity contribution in [2.45, 2.75) is 19.4 Å². The van der Waals surface area contributed by atoms with Crippen molar-refractivity contribution >= 4 is 37.8 Å². The Labute approximate surface area is 112 Å². The average molecular weight is 351 g/mol. The van der Waals surface area contributed by atoms with Gasteiger partial charge in [-0.2, -0.15) is 0 Å². The van der Waals surface area contributed by atoms with E-state index in [1.54, 1.807) is 6.92 Å². The molecule has 0 fully saturated rings. The molecule has 88 valence electrons. The molecule has 0 saturated heterocycles. The predicted octanol–water partition coefficient (Wildman–Crippen LogP) is 2.64. The van der Waals surface area contributed by atoms with Crippen molar-refractivity contribution in [2.24, 2.45) is 5.73 Å². The highest BCUT2D eigenvalue weighted by atomic mass is 79.9. The molecule has 0 saturated carbocycles. The molecule has 0 spiro atoms. The van der Waals surface area contributed by atoms with E-state index in [9.17, 15) is 4.79 Å². The monoisotopic (exact) mass is 349 g/mol. The molecule has 1 unspecified atom stereocenters. The van der Waals surface area contributed by atoms with Crippen LogP contribution in [-0.4, -0.2) is 18.6 Å². The van der Waals surface area contributed by atoms with Gasteiger partial charge in [0, 0.05) is 8.95 Å². The van der Waals surface area contributed by atoms with Gasteiger partial charge in [0.1, 0.15) is 6.04 Å². The quantitative estimate of drug-likeness (QED) is 0.849. The number of hydrogen-bond donors (Lipinski definition) is 1. The zero-order valence-electron chi connectivity index (χ0n) is 8.87. The van der Waals surface area contributed by atoms with E-state index in [0.717, 1.165) is 14.5 Å². The van der Waals surface area contributed by atoms with Gasteiger partial charge in [-0.05, 0) is 37.1 Å². The number of rotatable bonds is 4. The number of hydrogen-bond acceptors (Lipinski definition) is 3. The largest absolute Gasteiger partial charge is 0.465 e. The minimum absolute atomic E-state index is 0.356. The Kier molecular flexibility index (Phi) is 5.44. The first-order valence-corrected chi connectivity index (χ1v) is 6.48. The number of ether oxygens (including phenoxy) is 1. The molecule has 0 aliphatic heterocycles. The van der Waals surface area contributed by atoms with Gasteiger partial charge in [-0.15, -0.1) is 0 Å². The molecule has 16 heavy (non-hydrogen) atoms. The molecule has 0 amide bonds. The molecule has 1 atom stereocenters. The summed E-state index contributed by atoms with van der Waals surface area (Å²) in [6.07, 6.45) is 0.469. The van der Waals surface area contributed by atoms with Gasteiger partial charge in [-0.25, -0.2) is 0 Å². The van der Waals surface area contributed by atoms with Crippen molar-refractivity contribution in [2.75, 3.05) is 6.61 Å². The van der Waals surface area contributed by atoms with Gasteiger partial charge in [0.05, 0.1) is 6.61 Å². The van der Waals surface area contributed by atoms with Crippen molar-refractivity contribution in [3.8, 4) is 0 Å². The molecule has 0 aliphatic carbocycles. The van der Waals surface area contributed by atoms with Gasteiger partial charge in [-0.1, -0.05) is 31.9 Å². The Morgan fingerprint density at radius 2 is 1.94 bits per heavy atom. The number of carbonyl (C=O) groups is 1. The maximum atomic E-state index is 11.3. The first kappa shape index (κ1) is 13.7. The Morgan fingerprint density at radius 1 is 1.38 bits per heavy atom. The first-order chi connectivity index (χ1) is 7.52.